The van der Waals surface area contributed by atoms with Crippen molar-refractivity contribution in [3.63, 3.8) is 0 Å². The number of esters is 1. The van der Waals surface area contributed by atoms with Crippen molar-refractivity contribution in [2.45, 2.75) is 302 Å². The number of hydrogen-bond acceptors (Lipinski definition) is 5. The van der Waals surface area contributed by atoms with E-state index in [2.05, 4.69) is 99.0 Å². The average Bonchev–Trinajstić information content (AvgIpc) is 3.33. The molecule has 0 fully saturated rings. The van der Waals surface area contributed by atoms with E-state index in [4.69, 9.17) is 4.74 Å². The van der Waals surface area contributed by atoms with E-state index in [1.54, 1.807) is 0 Å². The van der Waals surface area contributed by atoms with Gasteiger partial charge in [0.1, 0.15) is 6.10 Å². The molecule has 6 nitrogen and oxygen atoms in total. The van der Waals surface area contributed by atoms with Gasteiger partial charge in [-0.05, 0) is 83.5 Å². The quantitative estimate of drug-likeness (QED) is 0.0244. The molecule has 0 aliphatic heterocycles. The molecule has 3 unspecified atom stereocenters. The molecule has 0 aromatic heterocycles. The Morgan fingerprint density at radius 1 is 0.456 bits per heavy atom. The highest BCUT2D eigenvalue weighted by atomic mass is 16.5. The lowest BCUT2D eigenvalue weighted by Crippen LogP contribution is -2.46. The summed E-state index contributed by atoms with van der Waals surface area (Å²) in [6.07, 6.45) is 71.1. The van der Waals surface area contributed by atoms with E-state index >= 15 is 0 Å². The molecule has 0 aliphatic rings. The fourth-order valence-corrected chi connectivity index (χ4v) is 8.67. The van der Waals surface area contributed by atoms with E-state index in [9.17, 15) is 19.8 Å². The molecule has 1 amide bonds. The molecule has 394 valence electrons. The molecule has 0 aromatic carbocycles. The first-order chi connectivity index (χ1) is 33.5. The van der Waals surface area contributed by atoms with E-state index in [1.807, 2.05) is 0 Å². The van der Waals surface area contributed by atoms with Gasteiger partial charge >= 0.3 is 5.97 Å². The number of rotatable bonds is 52. The second-order valence-corrected chi connectivity index (χ2v) is 19.7. The summed E-state index contributed by atoms with van der Waals surface area (Å²) in [5.74, 6) is -0.505. The molecule has 0 spiro atoms. The summed E-state index contributed by atoms with van der Waals surface area (Å²) in [5, 5.41) is 23.9. The summed E-state index contributed by atoms with van der Waals surface area (Å²) in [6, 6.07) is -0.716. The normalized spacial score (nSPS) is 13.7. The van der Waals surface area contributed by atoms with Gasteiger partial charge < -0.3 is 20.3 Å². The Bertz CT molecular complexity index is 1250. The van der Waals surface area contributed by atoms with Crippen LogP contribution in [0.25, 0.3) is 0 Å². The number of unbranched alkanes of at least 4 members (excludes halogenated alkanes) is 30. The predicted octanol–water partition coefficient (Wildman–Crippen LogP) is 18.1. The van der Waals surface area contributed by atoms with E-state index in [0.29, 0.717) is 19.3 Å². The minimum absolute atomic E-state index is 0.0559. The van der Waals surface area contributed by atoms with E-state index in [1.165, 1.54) is 141 Å². The number of ether oxygens (including phenoxy) is 1. The van der Waals surface area contributed by atoms with E-state index in [0.717, 1.165) is 96.3 Å². The Labute approximate surface area is 421 Å². The van der Waals surface area contributed by atoms with Crippen LogP contribution in [-0.4, -0.2) is 46.9 Å². The molecule has 3 atom stereocenters. The van der Waals surface area contributed by atoms with Gasteiger partial charge in [0.25, 0.3) is 0 Å². The van der Waals surface area contributed by atoms with Crippen molar-refractivity contribution in [3.8, 4) is 0 Å². The van der Waals surface area contributed by atoms with Crippen LogP contribution < -0.4 is 5.32 Å². The second-order valence-electron chi connectivity index (χ2n) is 19.7. The van der Waals surface area contributed by atoms with Crippen LogP contribution in [0.4, 0.5) is 0 Å². The largest absolute Gasteiger partial charge is 0.462 e. The number of carbonyl (C=O) groups is 2. The molecule has 0 saturated carbocycles. The molecule has 0 rings (SSSR count). The van der Waals surface area contributed by atoms with Gasteiger partial charge in [0, 0.05) is 6.42 Å². The van der Waals surface area contributed by atoms with Gasteiger partial charge in [0.15, 0.2) is 0 Å². The highest BCUT2D eigenvalue weighted by Crippen LogP contribution is 2.18. The van der Waals surface area contributed by atoms with Gasteiger partial charge in [0.2, 0.25) is 5.91 Å². The van der Waals surface area contributed by atoms with Crippen molar-refractivity contribution in [2.75, 3.05) is 6.61 Å². The van der Waals surface area contributed by atoms with Crippen molar-refractivity contribution in [2.24, 2.45) is 0 Å². The Hall–Kier alpha value is -2.70. The first kappa shape index (κ1) is 65.3. The number of aliphatic hydroxyl groups excluding tert-OH is 2. The molecular weight excluding hydrogens is 839 g/mol. The molecular formula is C62H111NO5. The highest BCUT2D eigenvalue weighted by Gasteiger charge is 2.24. The molecule has 0 aromatic rings. The smallest absolute Gasteiger partial charge is 0.306 e. The predicted molar refractivity (Wildman–Crippen MR) is 296 cm³/mol. The van der Waals surface area contributed by atoms with E-state index in [-0.39, 0.29) is 24.9 Å². The first-order valence-corrected chi connectivity index (χ1v) is 29.2. The van der Waals surface area contributed by atoms with Gasteiger partial charge in [0.05, 0.1) is 25.2 Å². The number of hydrogen-bond donors (Lipinski definition) is 3. The zero-order chi connectivity index (χ0) is 49.5. The first-order valence-electron chi connectivity index (χ1n) is 29.2. The van der Waals surface area contributed by atoms with Crippen LogP contribution in [0.5, 0.6) is 0 Å². The highest BCUT2D eigenvalue weighted by molar-refractivity contribution is 5.77. The van der Waals surface area contributed by atoms with Gasteiger partial charge in [-0.1, -0.05) is 261 Å². The Morgan fingerprint density at radius 3 is 1.35 bits per heavy atom. The van der Waals surface area contributed by atoms with Gasteiger partial charge in [-0.2, -0.15) is 0 Å². The van der Waals surface area contributed by atoms with Crippen LogP contribution in [0.2, 0.25) is 0 Å². The summed E-state index contributed by atoms with van der Waals surface area (Å²) in [6.45, 7) is 6.34. The van der Waals surface area contributed by atoms with Crippen molar-refractivity contribution in [1.29, 1.82) is 0 Å². The zero-order valence-corrected chi connectivity index (χ0v) is 45.0. The van der Waals surface area contributed by atoms with Gasteiger partial charge in [-0.15, -0.1) is 0 Å². The minimum Gasteiger partial charge on any atom is -0.462 e. The summed E-state index contributed by atoms with van der Waals surface area (Å²) in [4.78, 5) is 26.3. The van der Waals surface area contributed by atoms with Crippen LogP contribution in [0, 0.1) is 0 Å². The van der Waals surface area contributed by atoms with Gasteiger partial charge in [-0.3, -0.25) is 9.59 Å². The maximum Gasteiger partial charge on any atom is 0.306 e. The molecule has 3 N–H and O–H groups in total. The minimum atomic E-state index is -0.800. The Morgan fingerprint density at radius 2 is 0.853 bits per heavy atom. The standard InChI is InChI=1S/C62H111NO5/c1-4-7-10-13-16-19-22-25-28-30-33-35-38-41-44-47-50-53-58(68-62(67)55-52-49-46-43-40-37-32-27-24-21-18-15-12-9-6-3)56-61(66)63-59(57-64)60(65)54-51-48-45-42-39-36-34-31-29-26-23-20-17-14-11-8-5-2/h9,12,15-16,18-19,21,24-25,28,33,35,58-60,64-65H,4-8,10-11,13-14,17,20,22-23,26-27,29-32,34,36-57H2,1-3H3,(H,63,66)/b12-9+,18-15+,19-16-,24-21+,28-25-,35-33-. The second kappa shape index (κ2) is 55.2. The number of amides is 1. The molecule has 6 heteroatoms. The zero-order valence-electron chi connectivity index (χ0n) is 45.0. The number of carbonyl (C=O) groups excluding carboxylic acids is 2. The SMILES string of the molecule is CC/C=C/C=C/C=C/CCCCCCCCCC(=O)OC(CCCCCC/C=C\C/C=C\C/C=C\CCCCC)CC(=O)NC(CO)C(O)CCCCCCCCCCCCCCCCCCC. The lowest BCUT2D eigenvalue weighted by atomic mass is 10.0. The number of nitrogens with one attached hydrogen (secondary N) is 1. The van der Waals surface area contributed by atoms with E-state index < -0.39 is 18.2 Å². The third-order valence-electron chi connectivity index (χ3n) is 13.1. The molecule has 0 bridgehead atoms. The Balaban J connectivity index is 4.60. The topological polar surface area (TPSA) is 95.9 Å². The third kappa shape index (κ3) is 49.7. The maximum absolute atomic E-state index is 13.3. The van der Waals surface area contributed by atoms with Crippen LogP contribution in [0.3, 0.4) is 0 Å². The number of aliphatic hydroxyl groups is 2. The van der Waals surface area contributed by atoms with Crippen LogP contribution in [-0.2, 0) is 14.3 Å². The van der Waals surface area contributed by atoms with Crippen LogP contribution >= 0.6 is 0 Å². The van der Waals surface area contributed by atoms with Crippen molar-refractivity contribution < 1.29 is 24.5 Å². The van der Waals surface area contributed by atoms with Gasteiger partial charge in [-0.25, -0.2) is 0 Å². The Kier molecular flexibility index (Phi) is 53.0. The monoisotopic (exact) mass is 950 g/mol. The maximum atomic E-state index is 13.3. The van der Waals surface area contributed by atoms with Crippen LogP contribution in [0.1, 0.15) is 284 Å². The third-order valence-corrected chi connectivity index (χ3v) is 13.1. The fraction of sp³-hybridized carbons (Fsp3) is 0.774. The molecule has 0 heterocycles. The average molecular weight is 951 g/mol. The van der Waals surface area contributed by atoms with Crippen molar-refractivity contribution >= 4 is 11.9 Å². The molecule has 0 saturated heterocycles. The lowest BCUT2D eigenvalue weighted by Gasteiger charge is -2.24. The summed E-state index contributed by atoms with van der Waals surface area (Å²) in [5.41, 5.74) is 0. The summed E-state index contributed by atoms with van der Waals surface area (Å²) in [7, 11) is 0. The van der Waals surface area contributed by atoms with Crippen LogP contribution in [0.15, 0.2) is 72.9 Å². The van der Waals surface area contributed by atoms with Crippen molar-refractivity contribution in [1.82, 2.24) is 5.32 Å². The van der Waals surface area contributed by atoms with Crippen molar-refractivity contribution in [3.05, 3.63) is 72.9 Å². The fourth-order valence-electron chi connectivity index (χ4n) is 8.67. The summed E-state index contributed by atoms with van der Waals surface area (Å²) >= 11 is 0. The lowest BCUT2D eigenvalue weighted by molar-refractivity contribution is -0.151. The molecule has 0 radical (unpaired) electrons. The molecule has 68 heavy (non-hydrogen) atoms. The number of allylic oxidation sites excluding steroid dienone is 12. The summed E-state index contributed by atoms with van der Waals surface area (Å²) < 4.78 is 5.95. The molecule has 0 aliphatic carbocycles.